The molecule has 2 rings (SSSR count). The smallest absolute Gasteiger partial charge is 0.192 e. The summed E-state index contributed by atoms with van der Waals surface area (Å²) in [5, 5.41) is 3.30. The second-order valence-electron chi connectivity index (χ2n) is 3.65. The molecule has 1 fully saturated rings. The summed E-state index contributed by atoms with van der Waals surface area (Å²) < 4.78 is 0. The van der Waals surface area contributed by atoms with Crippen molar-refractivity contribution in [3.05, 3.63) is 18.3 Å². The average molecular weight is 220 g/mol. The Balaban J connectivity index is 2.09. The molecule has 0 bridgehead atoms. The van der Waals surface area contributed by atoms with Crippen LogP contribution in [-0.4, -0.2) is 37.1 Å². The summed E-state index contributed by atoms with van der Waals surface area (Å²) >= 11 is 0. The Labute approximate surface area is 94.4 Å². The van der Waals surface area contributed by atoms with Crippen molar-refractivity contribution in [2.75, 3.05) is 31.1 Å². The van der Waals surface area contributed by atoms with E-state index in [2.05, 4.69) is 20.2 Å². The van der Waals surface area contributed by atoms with E-state index >= 15 is 0 Å². The molecule has 2 heterocycles. The Morgan fingerprint density at radius 3 is 2.62 bits per heavy atom. The first kappa shape index (κ1) is 10.7. The van der Waals surface area contributed by atoms with Crippen molar-refractivity contribution in [1.82, 2.24) is 10.3 Å². The van der Waals surface area contributed by atoms with Crippen LogP contribution in [0.5, 0.6) is 0 Å². The molecular weight excluding hydrogens is 204 g/mol. The lowest BCUT2D eigenvalue weighted by molar-refractivity contribution is 0.589. The number of nitrogens with zero attached hydrogens (tertiary/aromatic N) is 3. The lowest BCUT2D eigenvalue weighted by Crippen LogP contribution is -2.43. The molecule has 0 amide bonds. The highest BCUT2D eigenvalue weighted by Crippen LogP contribution is 2.16. The van der Waals surface area contributed by atoms with Crippen molar-refractivity contribution in [1.29, 1.82) is 0 Å². The Morgan fingerprint density at radius 1 is 1.31 bits per heavy atom. The van der Waals surface area contributed by atoms with Gasteiger partial charge in [-0.05, 0) is 12.1 Å². The maximum absolute atomic E-state index is 5.27. The number of nitrogens with two attached hydrogens (primary N) is 2. The summed E-state index contributed by atoms with van der Waals surface area (Å²) in [6.07, 6.45) is 1.80. The molecule has 5 N–H and O–H groups in total. The molecule has 16 heavy (non-hydrogen) atoms. The number of aliphatic imine (C=N–C) groups is 1. The first-order chi connectivity index (χ1) is 7.75. The molecule has 6 heteroatoms. The molecule has 1 aromatic rings. The zero-order valence-electron chi connectivity index (χ0n) is 9.06. The van der Waals surface area contributed by atoms with E-state index in [1.54, 1.807) is 6.20 Å². The van der Waals surface area contributed by atoms with Crippen LogP contribution in [0.15, 0.2) is 23.3 Å². The SMILES string of the molecule is NC(N)=Nc1ccc(N2CCNCC2)cn1. The number of hydrogen-bond donors (Lipinski definition) is 3. The monoisotopic (exact) mass is 220 g/mol. The van der Waals surface area contributed by atoms with E-state index in [1.807, 2.05) is 12.1 Å². The molecule has 86 valence electrons. The molecular formula is C10H16N6. The van der Waals surface area contributed by atoms with Gasteiger partial charge in [0.15, 0.2) is 11.8 Å². The van der Waals surface area contributed by atoms with E-state index in [1.165, 1.54) is 0 Å². The highest BCUT2D eigenvalue weighted by molar-refractivity contribution is 5.78. The van der Waals surface area contributed by atoms with E-state index < -0.39 is 0 Å². The molecule has 0 aromatic carbocycles. The summed E-state index contributed by atoms with van der Waals surface area (Å²) in [5.74, 6) is 0.571. The number of hydrogen-bond acceptors (Lipinski definition) is 4. The molecule has 1 aromatic heterocycles. The predicted octanol–water partition coefficient (Wildman–Crippen LogP) is -0.604. The lowest BCUT2D eigenvalue weighted by atomic mass is 10.3. The van der Waals surface area contributed by atoms with Crippen LogP contribution in [0.25, 0.3) is 0 Å². The van der Waals surface area contributed by atoms with Crippen LogP contribution >= 0.6 is 0 Å². The normalized spacial score (nSPS) is 15.9. The van der Waals surface area contributed by atoms with Gasteiger partial charge in [-0.25, -0.2) is 4.98 Å². The van der Waals surface area contributed by atoms with Crippen molar-refractivity contribution in [3.8, 4) is 0 Å². The third-order valence-corrected chi connectivity index (χ3v) is 2.46. The summed E-state index contributed by atoms with van der Waals surface area (Å²) in [6.45, 7) is 4.03. The van der Waals surface area contributed by atoms with Gasteiger partial charge in [0, 0.05) is 26.2 Å². The van der Waals surface area contributed by atoms with Crippen LogP contribution in [-0.2, 0) is 0 Å². The molecule has 1 saturated heterocycles. The zero-order valence-corrected chi connectivity index (χ0v) is 9.06. The average Bonchev–Trinajstić information content (AvgIpc) is 2.30. The van der Waals surface area contributed by atoms with Gasteiger partial charge in [0.05, 0.1) is 11.9 Å². The lowest BCUT2D eigenvalue weighted by Gasteiger charge is -2.29. The second kappa shape index (κ2) is 4.80. The van der Waals surface area contributed by atoms with Crippen molar-refractivity contribution in [2.45, 2.75) is 0 Å². The van der Waals surface area contributed by atoms with Gasteiger partial charge < -0.3 is 21.7 Å². The molecule has 1 aliphatic heterocycles. The van der Waals surface area contributed by atoms with Crippen molar-refractivity contribution >= 4 is 17.5 Å². The molecule has 0 saturated carbocycles. The third-order valence-electron chi connectivity index (χ3n) is 2.46. The van der Waals surface area contributed by atoms with Crippen LogP contribution in [0.3, 0.4) is 0 Å². The van der Waals surface area contributed by atoms with E-state index in [0.717, 1.165) is 31.9 Å². The Kier molecular flexibility index (Phi) is 3.21. The molecule has 6 nitrogen and oxygen atoms in total. The van der Waals surface area contributed by atoms with E-state index in [4.69, 9.17) is 11.5 Å². The molecule has 0 spiro atoms. The number of nitrogens with one attached hydrogen (secondary N) is 1. The third kappa shape index (κ3) is 2.60. The van der Waals surface area contributed by atoms with Crippen LogP contribution in [0.4, 0.5) is 11.5 Å². The maximum Gasteiger partial charge on any atom is 0.192 e. The highest BCUT2D eigenvalue weighted by atomic mass is 15.2. The first-order valence-corrected chi connectivity index (χ1v) is 5.27. The number of guanidine groups is 1. The Bertz CT molecular complexity index is 361. The summed E-state index contributed by atoms with van der Waals surface area (Å²) in [6, 6.07) is 3.80. The van der Waals surface area contributed by atoms with Crippen molar-refractivity contribution < 1.29 is 0 Å². The van der Waals surface area contributed by atoms with Gasteiger partial charge in [-0.2, -0.15) is 4.99 Å². The first-order valence-electron chi connectivity index (χ1n) is 5.27. The Morgan fingerprint density at radius 2 is 2.06 bits per heavy atom. The molecule has 0 atom stereocenters. The van der Waals surface area contributed by atoms with Gasteiger partial charge in [0.1, 0.15) is 0 Å². The highest BCUT2D eigenvalue weighted by Gasteiger charge is 2.10. The maximum atomic E-state index is 5.27. The van der Waals surface area contributed by atoms with E-state index in [9.17, 15) is 0 Å². The molecule has 0 aliphatic carbocycles. The fourth-order valence-corrected chi connectivity index (χ4v) is 1.69. The number of rotatable bonds is 2. The van der Waals surface area contributed by atoms with Crippen molar-refractivity contribution in [3.63, 3.8) is 0 Å². The largest absolute Gasteiger partial charge is 0.370 e. The zero-order chi connectivity index (χ0) is 11.4. The van der Waals surface area contributed by atoms with Crippen LogP contribution in [0, 0.1) is 0 Å². The van der Waals surface area contributed by atoms with Gasteiger partial charge in [0.2, 0.25) is 0 Å². The minimum absolute atomic E-state index is 0.0300. The predicted molar refractivity (Wildman–Crippen MR) is 64.8 cm³/mol. The van der Waals surface area contributed by atoms with Gasteiger partial charge in [0.25, 0.3) is 0 Å². The van der Waals surface area contributed by atoms with E-state index in [0.29, 0.717) is 5.82 Å². The summed E-state index contributed by atoms with van der Waals surface area (Å²) in [7, 11) is 0. The molecule has 0 unspecified atom stereocenters. The van der Waals surface area contributed by atoms with E-state index in [-0.39, 0.29) is 5.96 Å². The number of piperazine rings is 1. The number of aromatic nitrogens is 1. The van der Waals surface area contributed by atoms with Crippen LogP contribution in [0.2, 0.25) is 0 Å². The van der Waals surface area contributed by atoms with Crippen molar-refractivity contribution in [2.24, 2.45) is 16.5 Å². The quantitative estimate of drug-likeness (QED) is 0.457. The van der Waals surface area contributed by atoms with Crippen LogP contribution in [0.1, 0.15) is 0 Å². The second-order valence-corrected chi connectivity index (χ2v) is 3.65. The Hall–Kier alpha value is -1.82. The molecule has 1 aliphatic rings. The fourth-order valence-electron chi connectivity index (χ4n) is 1.69. The topological polar surface area (TPSA) is 92.6 Å². The number of pyridine rings is 1. The molecule has 0 radical (unpaired) electrons. The standard InChI is InChI=1S/C10H16N6/c11-10(12)15-9-2-1-8(7-14-9)16-5-3-13-4-6-16/h1-2,7,13H,3-6H2,(H4,11,12,14,15). The summed E-state index contributed by atoms with van der Waals surface area (Å²) in [5.41, 5.74) is 11.7. The van der Waals surface area contributed by atoms with Crippen LogP contribution < -0.4 is 21.7 Å². The van der Waals surface area contributed by atoms with Gasteiger partial charge in [-0.1, -0.05) is 0 Å². The fraction of sp³-hybridized carbons (Fsp3) is 0.400. The van der Waals surface area contributed by atoms with Gasteiger partial charge in [-0.3, -0.25) is 0 Å². The van der Waals surface area contributed by atoms with Gasteiger partial charge >= 0.3 is 0 Å². The number of anilines is 1. The minimum atomic E-state index is 0.0300. The summed E-state index contributed by atoms with van der Waals surface area (Å²) in [4.78, 5) is 10.3. The minimum Gasteiger partial charge on any atom is -0.370 e. The van der Waals surface area contributed by atoms with Gasteiger partial charge in [-0.15, -0.1) is 0 Å².